The molecule has 0 aliphatic rings. The molecular weight excluding hydrogens is 316 g/mol. The molecule has 6 heteroatoms. The monoisotopic (exact) mass is 330 g/mol. The highest BCUT2D eigenvalue weighted by Crippen LogP contribution is 2.39. The van der Waals surface area contributed by atoms with E-state index in [0.29, 0.717) is 29.1 Å². The smallest absolute Gasteiger partial charge is 0.222 e. The summed E-state index contributed by atoms with van der Waals surface area (Å²) in [6.45, 7) is 2.70. The van der Waals surface area contributed by atoms with E-state index in [0.717, 1.165) is 11.3 Å². The number of halogens is 1. The van der Waals surface area contributed by atoms with Gasteiger partial charge in [-0.1, -0.05) is 29.8 Å². The molecular formula is C17H15ClN2O3. The molecule has 1 aromatic heterocycles. The molecule has 1 N–H and O–H groups in total. The first-order chi connectivity index (χ1) is 11.1. The van der Waals surface area contributed by atoms with Crippen LogP contribution in [0.4, 0.5) is 5.69 Å². The van der Waals surface area contributed by atoms with Crippen LogP contribution in [0.25, 0.3) is 10.9 Å². The van der Waals surface area contributed by atoms with E-state index < -0.39 is 0 Å². The maximum atomic E-state index is 11.0. The van der Waals surface area contributed by atoms with Gasteiger partial charge >= 0.3 is 0 Å². The molecule has 0 unspecified atom stereocenters. The van der Waals surface area contributed by atoms with Crippen molar-refractivity contribution < 1.29 is 9.84 Å². The number of nitroso groups, excluding NO2 is 1. The van der Waals surface area contributed by atoms with Gasteiger partial charge in [-0.15, -0.1) is 4.91 Å². The first kappa shape index (κ1) is 15.4. The van der Waals surface area contributed by atoms with Crippen molar-refractivity contribution in [2.75, 3.05) is 6.61 Å². The van der Waals surface area contributed by atoms with Crippen LogP contribution in [-0.2, 0) is 6.54 Å². The van der Waals surface area contributed by atoms with E-state index in [4.69, 9.17) is 16.3 Å². The molecule has 0 amide bonds. The molecule has 0 saturated carbocycles. The Morgan fingerprint density at radius 1 is 1.26 bits per heavy atom. The first-order valence-electron chi connectivity index (χ1n) is 7.14. The Morgan fingerprint density at radius 3 is 2.78 bits per heavy atom. The van der Waals surface area contributed by atoms with Crippen LogP contribution in [0.15, 0.2) is 47.6 Å². The van der Waals surface area contributed by atoms with Crippen LogP contribution in [0.5, 0.6) is 11.6 Å². The zero-order chi connectivity index (χ0) is 16.4. The Labute approximate surface area is 138 Å². The average molecular weight is 331 g/mol. The van der Waals surface area contributed by atoms with Crippen LogP contribution in [0.2, 0.25) is 5.02 Å². The number of para-hydroxylation sites is 1. The van der Waals surface area contributed by atoms with E-state index in [1.54, 1.807) is 22.8 Å². The number of rotatable bonds is 5. The summed E-state index contributed by atoms with van der Waals surface area (Å²) < 4.78 is 7.34. The molecule has 0 aliphatic heterocycles. The fourth-order valence-electron chi connectivity index (χ4n) is 2.58. The highest BCUT2D eigenvalue weighted by molar-refractivity contribution is 6.31. The second kappa shape index (κ2) is 6.30. The fraction of sp³-hybridized carbons (Fsp3) is 0.176. The predicted octanol–water partition coefficient (Wildman–Crippen LogP) is 4.79. The molecule has 0 aliphatic carbocycles. The number of aromatic nitrogens is 1. The number of aromatic hydroxyl groups is 1. The highest BCUT2D eigenvalue weighted by atomic mass is 35.5. The van der Waals surface area contributed by atoms with E-state index in [1.165, 1.54) is 0 Å². The van der Waals surface area contributed by atoms with Crippen molar-refractivity contribution in [2.24, 2.45) is 5.18 Å². The Kier molecular flexibility index (Phi) is 4.21. The lowest BCUT2D eigenvalue weighted by atomic mass is 10.2. The van der Waals surface area contributed by atoms with Gasteiger partial charge in [0.1, 0.15) is 12.4 Å². The number of hydrogen-bond donors (Lipinski definition) is 1. The SMILES string of the molecule is Cc1ccccc1OCCn1c(O)c(N=O)c2cc(Cl)ccc21. The van der Waals surface area contributed by atoms with Crippen LogP contribution in [0.3, 0.4) is 0 Å². The van der Waals surface area contributed by atoms with Crippen molar-refractivity contribution in [1.29, 1.82) is 0 Å². The summed E-state index contributed by atoms with van der Waals surface area (Å²) in [4.78, 5) is 11.0. The van der Waals surface area contributed by atoms with Crippen molar-refractivity contribution in [2.45, 2.75) is 13.5 Å². The van der Waals surface area contributed by atoms with E-state index in [1.807, 2.05) is 31.2 Å². The zero-order valence-electron chi connectivity index (χ0n) is 12.5. The largest absolute Gasteiger partial charge is 0.493 e. The second-order valence-electron chi connectivity index (χ2n) is 5.19. The van der Waals surface area contributed by atoms with Crippen molar-refractivity contribution in [3.8, 4) is 11.6 Å². The molecule has 118 valence electrons. The van der Waals surface area contributed by atoms with E-state index in [-0.39, 0.29) is 11.6 Å². The molecule has 1 heterocycles. The normalized spacial score (nSPS) is 10.9. The van der Waals surface area contributed by atoms with Gasteiger partial charge in [-0.2, -0.15) is 0 Å². The molecule has 5 nitrogen and oxygen atoms in total. The summed E-state index contributed by atoms with van der Waals surface area (Å²) >= 11 is 5.95. The molecule has 23 heavy (non-hydrogen) atoms. The number of hydrogen-bond acceptors (Lipinski definition) is 4. The maximum absolute atomic E-state index is 11.0. The van der Waals surface area contributed by atoms with Gasteiger partial charge in [-0.25, -0.2) is 0 Å². The number of fused-ring (bicyclic) bond motifs is 1. The number of nitrogens with zero attached hydrogens (tertiary/aromatic N) is 2. The van der Waals surface area contributed by atoms with Gasteiger partial charge in [-0.05, 0) is 41.9 Å². The van der Waals surface area contributed by atoms with Crippen molar-refractivity contribution >= 4 is 28.2 Å². The molecule has 2 aromatic carbocycles. The van der Waals surface area contributed by atoms with Crippen LogP contribution in [-0.4, -0.2) is 16.3 Å². The third-order valence-electron chi connectivity index (χ3n) is 3.73. The molecule has 0 bridgehead atoms. The van der Waals surface area contributed by atoms with Crippen LogP contribution < -0.4 is 4.74 Å². The first-order valence-corrected chi connectivity index (χ1v) is 7.52. The average Bonchev–Trinajstić information content (AvgIpc) is 2.80. The maximum Gasteiger partial charge on any atom is 0.222 e. The second-order valence-corrected chi connectivity index (χ2v) is 5.63. The minimum absolute atomic E-state index is 0.00149. The third-order valence-corrected chi connectivity index (χ3v) is 3.96. The summed E-state index contributed by atoms with van der Waals surface area (Å²) in [5, 5.41) is 14.2. The van der Waals surface area contributed by atoms with E-state index in [2.05, 4.69) is 5.18 Å². The molecule has 0 radical (unpaired) electrons. The summed E-state index contributed by atoms with van der Waals surface area (Å²) in [5.74, 6) is 0.617. The van der Waals surface area contributed by atoms with Crippen LogP contribution in [0.1, 0.15) is 5.56 Å². The zero-order valence-corrected chi connectivity index (χ0v) is 13.2. The molecule has 0 spiro atoms. The Bertz CT molecular complexity index is 874. The van der Waals surface area contributed by atoms with Gasteiger partial charge in [0.2, 0.25) is 5.88 Å². The van der Waals surface area contributed by atoms with Crippen LogP contribution in [0, 0.1) is 11.8 Å². The van der Waals surface area contributed by atoms with Gasteiger partial charge < -0.3 is 14.4 Å². The van der Waals surface area contributed by atoms with Gasteiger partial charge in [0.15, 0.2) is 5.69 Å². The number of benzene rings is 2. The van der Waals surface area contributed by atoms with Gasteiger partial charge in [0.25, 0.3) is 0 Å². The molecule has 3 rings (SSSR count). The van der Waals surface area contributed by atoms with E-state index >= 15 is 0 Å². The number of aryl methyl sites for hydroxylation is 1. The molecule has 3 aromatic rings. The number of ether oxygens (including phenoxy) is 1. The molecule has 0 saturated heterocycles. The quantitative estimate of drug-likeness (QED) is 0.684. The lowest BCUT2D eigenvalue weighted by Crippen LogP contribution is -2.08. The predicted molar refractivity (Wildman–Crippen MR) is 90.7 cm³/mol. The third kappa shape index (κ3) is 2.87. The Balaban J connectivity index is 1.87. The molecule has 0 fully saturated rings. The minimum Gasteiger partial charge on any atom is -0.493 e. The highest BCUT2D eigenvalue weighted by Gasteiger charge is 2.17. The minimum atomic E-state index is -0.175. The summed E-state index contributed by atoms with van der Waals surface area (Å²) in [7, 11) is 0. The van der Waals surface area contributed by atoms with Crippen LogP contribution >= 0.6 is 11.6 Å². The lowest BCUT2D eigenvalue weighted by Gasteiger charge is -2.11. The Hall–Kier alpha value is -2.53. The standard InChI is InChI=1S/C17H15ClN2O3/c1-11-4-2-3-5-15(11)23-9-8-20-14-7-6-12(18)10-13(14)16(19-22)17(20)21/h2-7,10,21H,8-9H2,1H3. The Morgan fingerprint density at radius 2 is 2.04 bits per heavy atom. The van der Waals surface area contributed by atoms with Gasteiger partial charge in [0, 0.05) is 10.4 Å². The fourth-order valence-corrected chi connectivity index (χ4v) is 2.75. The molecule has 0 atom stereocenters. The van der Waals surface area contributed by atoms with Gasteiger partial charge in [0.05, 0.1) is 12.1 Å². The van der Waals surface area contributed by atoms with Gasteiger partial charge in [-0.3, -0.25) is 0 Å². The summed E-state index contributed by atoms with van der Waals surface area (Å²) in [6, 6.07) is 12.8. The van der Waals surface area contributed by atoms with E-state index in [9.17, 15) is 10.0 Å². The van der Waals surface area contributed by atoms with Crippen molar-refractivity contribution in [3.63, 3.8) is 0 Å². The topological polar surface area (TPSA) is 63.8 Å². The lowest BCUT2D eigenvalue weighted by molar-refractivity contribution is 0.289. The van der Waals surface area contributed by atoms with Crippen molar-refractivity contribution in [1.82, 2.24) is 4.57 Å². The van der Waals surface area contributed by atoms with Crippen molar-refractivity contribution in [3.05, 3.63) is 58.0 Å². The summed E-state index contributed by atoms with van der Waals surface area (Å²) in [5.41, 5.74) is 1.73. The summed E-state index contributed by atoms with van der Waals surface area (Å²) in [6.07, 6.45) is 0.